The molecule has 0 fully saturated rings. The van der Waals surface area contributed by atoms with Gasteiger partial charge in [0.2, 0.25) is 5.91 Å². The van der Waals surface area contributed by atoms with Crippen LogP contribution in [0.2, 0.25) is 0 Å². The Hall–Kier alpha value is -2.25. The number of rotatable bonds is 5. The topological polar surface area (TPSA) is 116 Å². The van der Waals surface area contributed by atoms with Gasteiger partial charge in [-0.15, -0.1) is 0 Å². The smallest absolute Gasteiger partial charge is 0.233 e. The number of hydrogen-bond donors (Lipinski definition) is 2. The molecule has 21 heavy (non-hydrogen) atoms. The molecule has 1 atom stereocenters. The summed E-state index contributed by atoms with van der Waals surface area (Å²) in [7, 11) is 0. The lowest BCUT2D eigenvalue weighted by atomic mass is 10.2. The third-order valence-electron chi connectivity index (χ3n) is 2.60. The molecule has 1 rings (SSSR count). The first-order chi connectivity index (χ1) is 9.88. The fraction of sp³-hybridized carbons (Fsp3) is 0.429. The van der Waals surface area contributed by atoms with Gasteiger partial charge in [-0.25, -0.2) is 4.98 Å². The van der Waals surface area contributed by atoms with Crippen LogP contribution in [0.3, 0.4) is 0 Å². The number of anilines is 1. The highest BCUT2D eigenvalue weighted by molar-refractivity contribution is 8.00. The summed E-state index contributed by atoms with van der Waals surface area (Å²) in [4.78, 5) is 16.0. The van der Waals surface area contributed by atoms with Gasteiger partial charge in [0.15, 0.2) is 0 Å². The van der Waals surface area contributed by atoms with Crippen molar-refractivity contribution in [3.05, 3.63) is 17.2 Å². The van der Waals surface area contributed by atoms with Crippen molar-refractivity contribution in [2.45, 2.75) is 31.0 Å². The largest absolute Gasteiger partial charge is 0.383 e. The molecule has 0 aliphatic heterocycles. The minimum atomic E-state index is -0.407. The van der Waals surface area contributed by atoms with Crippen molar-refractivity contribution in [3.8, 4) is 12.1 Å². The second-order valence-corrected chi connectivity index (χ2v) is 6.23. The van der Waals surface area contributed by atoms with Crippen molar-refractivity contribution in [2.75, 3.05) is 12.3 Å². The van der Waals surface area contributed by atoms with Crippen LogP contribution < -0.4 is 11.1 Å². The first kappa shape index (κ1) is 16.8. The van der Waals surface area contributed by atoms with E-state index in [9.17, 15) is 4.79 Å². The van der Waals surface area contributed by atoms with Crippen molar-refractivity contribution >= 4 is 23.5 Å². The number of aromatic nitrogens is 1. The van der Waals surface area contributed by atoms with Gasteiger partial charge in [0.25, 0.3) is 0 Å². The zero-order valence-corrected chi connectivity index (χ0v) is 13.0. The van der Waals surface area contributed by atoms with E-state index in [1.807, 2.05) is 26.0 Å². The van der Waals surface area contributed by atoms with Crippen molar-refractivity contribution in [2.24, 2.45) is 5.92 Å². The number of thioether (sulfide) groups is 1. The number of nitrogens with zero attached hydrogens (tertiary/aromatic N) is 3. The average molecular weight is 303 g/mol. The zero-order chi connectivity index (χ0) is 16.0. The van der Waals surface area contributed by atoms with Crippen LogP contribution in [0.15, 0.2) is 11.1 Å². The Balaban J connectivity index is 2.88. The molecule has 0 spiro atoms. The summed E-state index contributed by atoms with van der Waals surface area (Å²) in [5.74, 6) is 0.306. The fourth-order valence-corrected chi connectivity index (χ4v) is 2.35. The molecule has 1 amide bonds. The third kappa shape index (κ3) is 4.66. The lowest BCUT2D eigenvalue weighted by molar-refractivity contribution is -0.120. The molecule has 7 heteroatoms. The predicted octanol–water partition coefficient (Wildman–Crippen LogP) is 1.66. The molecule has 0 aliphatic rings. The molecule has 3 N–H and O–H groups in total. The number of carbonyl (C=O) groups is 1. The summed E-state index contributed by atoms with van der Waals surface area (Å²) < 4.78 is 0. The van der Waals surface area contributed by atoms with E-state index in [1.165, 1.54) is 6.07 Å². The Bertz CT molecular complexity index is 615. The number of carbonyl (C=O) groups excluding carboxylic acids is 1. The van der Waals surface area contributed by atoms with E-state index in [0.717, 1.165) is 11.8 Å². The molecule has 6 nitrogen and oxygen atoms in total. The van der Waals surface area contributed by atoms with Gasteiger partial charge >= 0.3 is 0 Å². The number of nitrogens with one attached hydrogen (secondary N) is 1. The number of pyridine rings is 1. The van der Waals surface area contributed by atoms with E-state index in [2.05, 4.69) is 10.3 Å². The SMILES string of the molecule is CC(C)CNC(=O)[C@H](C)Sc1nc(N)c(C#N)cc1C#N. The lowest BCUT2D eigenvalue weighted by Crippen LogP contribution is -2.33. The first-order valence-corrected chi connectivity index (χ1v) is 7.32. The minimum Gasteiger partial charge on any atom is -0.383 e. The Morgan fingerprint density at radius 2 is 2.00 bits per heavy atom. The molecule has 0 saturated carbocycles. The molecule has 1 aromatic rings. The maximum Gasteiger partial charge on any atom is 0.233 e. The zero-order valence-electron chi connectivity index (χ0n) is 12.2. The number of amides is 1. The van der Waals surface area contributed by atoms with Crippen LogP contribution in [-0.4, -0.2) is 22.7 Å². The third-order valence-corrected chi connectivity index (χ3v) is 3.70. The van der Waals surface area contributed by atoms with Gasteiger partial charge in [-0.05, 0) is 18.9 Å². The molecule has 0 radical (unpaired) electrons. The Labute approximate surface area is 128 Å². The van der Waals surface area contributed by atoms with Gasteiger partial charge in [0.05, 0.1) is 16.4 Å². The van der Waals surface area contributed by atoms with Crippen LogP contribution in [0.25, 0.3) is 0 Å². The Morgan fingerprint density at radius 3 is 2.52 bits per heavy atom. The summed E-state index contributed by atoms with van der Waals surface area (Å²) in [5.41, 5.74) is 6.05. The highest BCUT2D eigenvalue weighted by atomic mass is 32.2. The van der Waals surface area contributed by atoms with E-state index in [4.69, 9.17) is 16.3 Å². The number of nitrogen functional groups attached to an aromatic ring is 1. The molecule has 0 unspecified atom stereocenters. The Kier molecular flexibility index (Phi) is 6.01. The number of hydrogen-bond acceptors (Lipinski definition) is 6. The second-order valence-electron chi connectivity index (χ2n) is 4.90. The fourth-order valence-electron chi connectivity index (χ4n) is 1.44. The van der Waals surface area contributed by atoms with Gasteiger partial charge in [-0.1, -0.05) is 25.6 Å². The normalized spacial score (nSPS) is 11.5. The van der Waals surface area contributed by atoms with Gasteiger partial charge in [-0.3, -0.25) is 4.79 Å². The minimum absolute atomic E-state index is 0.0637. The van der Waals surface area contributed by atoms with Gasteiger partial charge < -0.3 is 11.1 Å². The van der Waals surface area contributed by atoms with Crippen LogP contribution in [0.1, 0.15) is 31.9 Å². The molecule has 0 bridgehead atoms. The molecule has 0 aromatic carbocycles. The highest BCUT2D eigenvalue weighted by Gasteiger charge is 2.18. The van der Waals surface area contributed by atoms with Crippen LogP contribution in [-0.2, 0) is 4.79 Å². The number of nitrogens with two attached hydrogens (primary N) is 1. The maximum atomic E-state index is 11.9. The van der Waals surface area contributed by atoms with E-state index in [-0.39, 0.29) is 22.9 Å². The first-order valence-electron chi connectivity index (χ1n) is 6.44. The summed E-state index contributed by atoms with van der Waals surface area (Å²) in [6.07, 6.45) is 0. The molecule has 1 aromatic heterocycles. The van der Waals surface area contributed by atoms with Crippen molar-refractivity contribution < 1.29 is 4.79 Å². The maximum absolute atomic E-state index is 11.9. The van der Waals surface area contributed by atoms with Crippen molar-refractivity contribution in [3.63, 3.8) is 0 Å². The molecule has 110 valence electrons. The second kappa shape index (κ2) is 7.51. The van der Waals surface area contributed by atoms with Gasteiger partial charge in [-0.2, -0.15) is 10.5 Å². The summed E-state index contributed by atoms with van der Waals surface area (Å²) in [6.45, 7) is 6.35. The Morgan fingerprint density at radius 1 is 1.38 bits per heavy atom. The van der Waals surface area contributed by atoms with E-state index < -0.39 is 5.25 Å². The van der Waals surface area contributed by atoms with Crippen LogP contribution in [0, 0.1) is 28.6 Å². The molecular formula is C14H17N5OS. The van der Waals surface area contributed by atoms with E-state index in [0.29, 0.717) is 17.5 Å². The average Bonchev–Trinajstić information content (AvgIpc) is 2.44. The van der Waals surface area contributed by atoms with Crippen molar-refractivity contribution in [1.82, 2.24) is 10.3 Å². The van der Waals surface area contributed by atoms with Crippen LogP contribution >= 0.6 is 11.8 Å². The number of nitriles is 2. The lowest BCUT2D eigenvalue weighted by Gasteiger charge is -2.14. The van der Waals surface area contributed by atoms with Gasteiger partial charge in [0.1, 0.15) is 23.0 Å². The monoisotopic (exact) mass is 303 g/mol. The highest BCUT2D eigenvalue weighted by Crippen LogP contribution is 2.27. The van der Waals surface area contributed by atoms with Gasteiger partial charge in [0, 0.05) is 6.54 Å². The quantitative estimate of drug-likeness (QED) is 0.799. The predicted molar refractivity (Wildman–Crippen MR) is 81.2 cm³/mol. The molecular weight excluding hydrogens is 286 g/mol. The molecule has 0 aliphatic carbocycles. The van der Waals surface area contributed by atoms with E-state index >= 15 is 0 Å². The van der Waals surface area contributed by atoms with Crippen LogP contribution in [0.4, 0.5) is 5.82 Å². The molecule has 1 heterocycles. The summed E-state index contributed by atoms with van der Waals surface area (Å²) in [6, 6.07) is 5.24. The summed E-state index contributed by atoms with van der Waals surface area (Å²) >= 11 is 1.15. The standard InChI is InChI=1S/C14H17N5OS/c1-8(2)7-18-13(20)9(3)21-14-11(6-16)4-10(5-15)12(17)19-14/h4,8-9H,7H2,1-3H3,(H2,17,19)(H,18,20)/t9-/m0/s1. The summed E-state index contributed by atoms with van der Waals surface area (Å²) in [5, 5.41) is 20.8. The van der Waals surface area contributed by atoms with E-state index in [1.54, 1.807) is 6.92 Å². The van der Waals surface area contributed by atoms with Crippen LogP contribution in [0.5, 0.6) is 0 Å². The molecule has 0 saturated heterocycles. The van der Waals surface area contributed by atoms with Crippen molar-refractivity contribution in [1.29, 1.82) is 10.5 Å².